The van der Waals surface area contributed by atoms with Gasteiger partial charge in [0.25, 0.3) is 0 Å². The molecule has 0 unspecified atom stereocenters. The van der Waals surface area contributed by atoms with E-state index in [1.54, 1.807) is 0 Å². The minimum atomic E-state index is -0.571. The van der Waals surface area contributed by atoms with E-state index < -0.39 is 20.1 Å². The van der Waals surface area contributed by atoms with E-state index in [-0.39, 0.29) is 0 Å². The number of hydrogen-bond acceptors (Lipinski definition) is 4. The van der Waals surface area contributed by atoms with Gasteiger partial charge >= 0.3 is 0 Å². The zero-order chi connectivity index (χ0) is 22.6. The van der Waals surface area contributed by atoms with E-state index in [9.17, 15) is 0 Å². The maximum absolute atomic E-state index is 6.08. The van der Waals surface area contributed by atoms with Crippen LogP contribution in [0.3, 0.4) is 0 Å². The molecule has 0 radical (unpaired) electrons. The smallest absolute Gasteiger partial charge is 0.139 e. The number of ether oxygens (including phenoxy) is 2. The first-order valence-corrected chi connectivity index (χ1v) is 17.0. The van der Waals surface area contributed by atoms with Crippen molar-refractivity contribution in [1.29, 1.82) is 0 Å². The van der Waals surface area contributed by atoms with Gasteiger partial charge in [0, 0.05) is 34.8 Å². The third-order valence-corrected chi connectivity index (χ3v) is 8.02. The van der Waals surface area contributed by atoms with Crippen LogP contribution in [0.4, 0.5) is 0 Å². The standard InChI is InChI=1S/C22H35BrN4O2S2/c1-30(2,3)9-7-28-16-26-15-19(14-25-26)20-11-18-13-24-22(23)12-21(18)27(20)17-29-8-10-31(4,5)6/h11-15H,7-10,16-17H2,1-6H3. The molecule has 0 saturated carbocycles. The van der Waals surface area contributed by atoms with Crippen LogP contribution in [0.2, 0.25) is 0 Å². The number of rotatable bonds is 11. The summed E-state index contributed by atoms with van der Waals surface area (Å²) in [6.07, 6.45) is 19.7. The van der Waals surface area contributed by atoms with E-state index in [1.165, 1.54) is 0 Å². The topological polar surface area (TPSA) is 54.1 Å². The molecule has 174 valence electrons. The summed E-state index contributed by atoms with van der Waals surface area (Å²) in [4.78, 5) is 4.39. The molecule has 0 aliphatic heterocycles. The molecule has 0 fully saturated rings. The van der Waals surface area contributed by atoms with Crippen molar-refractivity contribution in [2.75, 3.05) is 62.3 Å². The lowest BCUT2D eigenvalue weighted by molar-refractivity contribution is 0.0809. The number of pyridine rings is 1. The molecule has 0 aliphatic rings. The third kappa shape index (κ3) is 7.53. The normalized spacial score (nSPS) is 13.8. The lowest BCUT2D eigenvalue weighted by Crippen LogP contribution is -2.10. The first-order chi connectivity index (χ1) is 14.5. The fraction of sp³-hybridized carbons (Fsp3) is 0.545. The maximum atomic E-state index is 6.08. The van der Waals surface area contributed by atoms with Gasteiger partial charge in [-0.15, -0.1) is 0 Å². The first kappa shape index (κ1) is 24.6. The molecule has 0 aromatic carbocycles. The Kier molecular flexibility index (Phi) is 8.18. The van der Waals surface area contributed by atoms with Crippen LogP contribution in [0, 0.1) is 0 Å². The molecule has 3 heterocycles. The Bertz CT molecular complexity index is 1010. The summed E-state index contributed by atoms with van der Waals surface area (Å²) in [5, 5.41) is 5.59. The van der Waals surface area contributed by atoms with Crippen molar-refractivity contribution in [2.24, 2.45) is 0 Å². The molecule has 6 nitrogen and oxygen atoms in total. The molecule has 0 saturated heterocycles. The number of nitrogens with zero attached hydrogens (tertiary/aromatic N) is 4. The number of hydrogen-bond donors (Lipinski definition) is 0. The van der Waals surface area contributed by atoms with Crippen molar-refractivity contribution in [3.8, 4) is 11.3 Å². The van der Waals surface area contributed by atoms with Crippen LogP contribution in [0.15, 0.2) is 35.3 Å². The molecule has 3 rings (SSSR count). The predicted octanol–water partition coefficient (Wildman–Crippen LogP) is 5.00. The molecular weight excluding hydrogens is 496 g/mol. The summed E-state index contributed by atoms with van der Waals surface area (Å²) in [7, 11) is -1.11. The molecule has 3 aromatic heterocycles. The molecule has 0 aliphatic carbocycles. The highest BCUT2D eigenvalue weighted by atomic mass is 79.9. The molecule has 0 amide bonds. The van der Waals surface area contributed by atoms with Gasteiger partial charge in [-0.25, -0.2) is 29.7 Å². The van der Waals surface area contributed by atoms with Gasteiger partial charge in [-0.3, -0.25) is 0 Å². The van der Waals surface area contributed by atoms with Crippen LogP contribution in [0.25, 0.3) is 22.2 Å². The minimum Gasteiger partial charge on any atom is -0.360 e. The van der Waals surface area contributed by atoms with Gasteiger partial charge < -0.3 is 14.0 Å². The Balaban J connectivity index is 1.75. The zero-order valence-electron chi connectivity index (χ0n) is 19.4. The highest BCUT2D eigenvalue weighted by molar-refractivity contribution is 9.10. The second kappa shape index (κ2) is 10.3. The van der Waals surface area contributed by atoms with Gasteiger partial charge in [-0.2, -0.15) is 5.10 Å². The quantitative estimate of drug-likeness (QED) is 0.258. The molecule has 9 heteroatoms. The monoisotopic (exact) mass is 530 g/mol. The van der Waals surface area contributed by atoms with Crippen LogP contribution >= 0.6 is 36.0 Å². The fourth-order valence-electron chi connectivity index (χ4n) is 3.01. The third-order valence-electron chi connectivity index (χ3n) is 4.81. The van der Waals surface area contributed by atoms with Crippen LogP contribution < -0.4 is 0 Å². The van der Waals surface area contributed by atoms with Crippen LogP contribution in [0.5, 0.6) is 0 Å². The van der Waals surface area contributed by atoms with Crippen molar-refractivity contribution in [3.05, 3.63) is 35.3 Å². The Labute approximate surface area is 197 Å². The highest BCUT2D eigenvalue weighted by Crippen LogP contribution is 2.34. The van der Waals surface area contributed by atoms with Gasteiger partial charge in [0.05, 0.1) is 30.6 Å². The summed E-state index contributed by atoms with van der Waals surface area (Å²) in [6.45, 7) is 2.49. The summed E-state index contributed by atoms with van der Waals surface area (Å²) in [5.41, 5.74) is 3.21. The first-order valence-electron chi connectivity index (χ1n) is 10.2. The predicted molar refractivity (Wildman–Crippen MR) is 141 cm³/mol. The van der Waals surface area contributed by atoms with E-state index in [0.717, 1.165) is 51.5 Å². The molecule has 0 spiro atoms. The van der Waals surface area contributed by atoms with E-state index in [2.05, 4.69) is 74.2 Å². The summed E-state index contributed by atoms with van der Waals surface area (Å²) in [6, 6.07) is 4.19. The summed E-state index contributed by atoms with van der Waals surface area (Å²) < 4.78 is 16.8. The number of aromatic nitrogens is 4. The average molecular weight is 532 g/mol. The highest BCUT2D eigenvalue weighted by Gasteiger charge is 2.14. The van der Waals surface area contributed by atoms with E-state index in [4.69, 9.17) is 9.47 Å². The van der Waals surface area contributed by atoms with Crippen molar-refractivity contribution in [1.82, 2.24) is 19.3 Å². The average Bonchev–Trinajstić information content (AvgIpc) is 3.25. The van der Waals surface area contributed by atoms with Gasteiger partial charge in [0.1, 0.15) is 18.1 Å². The maximum Gasteiger partial charge on any atom is 0.139 e. The minimum absolute atomic E-state index is 0.466. The van der Waals surface area contributed by atoms with Crippen LogP contribution in [-0.2, 0) is 22.9 Å². The van der Waals surface area contributed by atoms with Crippen LogP contribution in [-0.4, -0.2) is 81.6 Å². The van der Waals surface area contributed by atoms with Crippen molar-refractivity contribution in [2.45, 2.75) is 13.5 Å². The number of halogens is 1. The van der Waals surface area contributed by atoms with Crippen molar-refractivity contribution >= 4 is 46.9 Å². The van der Waals surface area contributed by atoms with E-state index in [0.29, 0.717) is 13.5 Å². The Morgan fingerprint density at radius 2 is 1.55 bits per heavy atom. The largest absolute Gasteiger partial charge is 0.360 e. The summed E-state index contributed by atoms with van der Waals surface area (Å²) >= 11 is 3.50. The zero-order valence-corrected chi connectivity index (χ0v) is 22.6. The Hall–Kier alpha value is -1.00. The van der Waals surface area contributed by atoms with Gasteiger partial charge in [-0.05, 0) is 65.6 Å². The summed E-state index contributed by atoms with van der Waals surface area (Å²) in [5.74, 6) is 2.20. The van der Waals surface area contributed by atoms with Crippen molar-refractivity contribution < 1.29 is 9.47 Å². The SMILES string of the molecule is CS(C)(C)CCOCn1cc(-c2cc3cnc(Br)cc3n2COCCS(C)(C)C)cn1. The Morgan fingerprint density at radius 3 is 2.19 bits per heavy atom. The van der Waals surface area contributed by atoms with Crippen molar-refractivity contribution in [3.63, 3.8) is 0 Å². The molecule has 0 bridgehead atoms. The second-order valence-electron chi connectivity index (χ2n) is 9.46. The Morgan fingerprint density at radius 1 is 0.903 bits per heavy atom. The lowest BCUT2D eigenvalue weighted by Gasteiger charge is -2.24. The van der Waals surface area contributed by atoms with E-state index in [1.807, 2.05) is 29.3 Å². The van der Waals surface area contributed by atoms with E-state index >= 15 is 0 Å². The number of fused-ring (bicyclic) bond motifs is 1. The molecule has 0 atom stereocenters. The van der Waals surface area contributed by atoms with Gasteiger partial charge in [0.15, 0.2) is 0 Å². The molecular formula is C22H35BrN4O2S2. The van der Waals surface area contributed by atoms with Gasteiger partial charge in [-0.1, -0.05) is 0 Å². The molecule has 0 N–H and O–H groups in total. The molecule has 31 heavy (non-hydrogen) atoms. The molecule has 3 aromatic rings. The lowest BCUT2D eigenvalue weighted by atomic mass is 10.2. The fourth-order valence-corrected chi connectivity index (χ4v) is 4.56. The second-order valence-corrected chi connectivity index (χ2v) is 19.4. The van der Waals surface area contributed by atoms with Crippen LogP contribution in [0.1, 0.15) is 0 Å². The van der Waals surface area contributed by atoms with Gasteiger partial charge in [0.2, 0.25) is 0 Å².